The number of pyridine rings is 1. The number of amides is 2. The van der Waals surface area contributed by atoms with E-state index in [1.54, 1.807) is 12.4 Å². The molecule has 3 fully saturated rings. The number of hydrogen-bond donors (Lipinski definition) is 0. The van der Waals surface area contributed by atoms with Crippen molar-refractivity contribution in [1.29, 1.82) is 0 Å². The number of rotatable bonds is 3. The maximum atomic E-state index is 12.6. The first-order chi connectivity index (χ1) is 12.7. The molecule has 6 heteroatoms. The van der Waals surface area contributed by atoms with Crippen molar-refractivity contribution in [2.24, 2.45) is 17.8 Å². The van der Waals surface area contributed by atoms with E-state index in [4.69, 9.17) is 4.74 Å². The predicted octanol–water partition coefficient (Wildman–Crippen LogP) is 1.36. The fraction of sp³-hybridized carbons (Fsp3) is 0.650. The van der Waals surface area contributed by atoms with Crippen LogP contribution < -0.4 is 0 Å². The molecule has 1 aromatic rings. The van der Waals surface area contributed by atoms with E-state index >= 15 is 0 Å². The second-order valence-electron chi connectivity index (χ2n) is 7.81. The van der Waals surface area contributed by atoms with Crippen molar-refractivity contribution < 1.29 is 14.3 Å². The van der Waals surface area contributed by atoms with Crippen LogP contribution in [0.25, 0.3) is 0 Å². The van der Waals surface area contributed by atoms with Crippen LogP contribution in [-0.4, -0.2) is 66.0 Å². The van der Waals surface area contributed by atoms with Gasteiger partial charge < -0.3 is 14.5 Å². The summed E-state index contributed by atoms with van der Waals surface area (Å²) in [5, 5.41) is 0. The molecule has 0 radical (unpaired) electrons. The summed E-state index contributed by atoms with van der Waals surface area (Å²) in [5.41, 5.74) is 1.02. The lowest BCUT2D eigenvalue weighted by Crippen LogP contribution is -2.37. The Balaban J connectivity index is 1.30. The monoisotopic (exact) mass is 357 g/mol. The van der Waals surface area contributed by atoms with Crippen molar-refractivity contribution in [3.8, 4) is 0 Å². The number of nitrogens with zero attached hydrogens (tertiary/aromatic N) is 3. The van der Waals surface area contributed by atoms with Gasteiger partial charge in [0.15, 0.2) is 0 Å². The maximum absolute atomic E-state index is 12.6. The second-order valence-corrected chi connectivity index (χ2v) is 7.81. The van der Waals surface area contributed by atoms with E-state index in [-0.39, 0.29) is 17.7 Å². The van der Waals surface area contributed by atoms with Gasteiger partial charge in [0.25, 0.3) is 0 Å². The molecule has 3 aliphatic heterocycles. The molecule has 4 heterocycles. The quantitative estimate of drug-likeness (QED) is 0.819. The molecule has 0 spiro atoms. The van der Waals surface area contributed by atoms with Crippen LogP contribution in [0.2, 0.25) is 0 Å². The molecule has 26 heavy (non-hydrogen) atoms. The summed E-state index contributed by atoms with van der Waals surface area (Å²) in [6.45, 7) is 4.62. The minimum absolute atomic E-state index is 0.0655. The van der Waals surface area contributed by atoms with E-state index in [0.717, 1.165) is 51.0 Å². The summed E-state index contributed by atoms with van der Waals surface area (Å²) in [7, 11) is 0. The zero-order chi connectivity index (χ0) is 17.9. The number of carbonyl (C=O) groups excluding carboxylic acids is 2. The average Bonchev–Trinajstić information content (AvgIpc) is 3.29. The van der Waals surface area contributed by atoms with Gasteiger partial charge in [-0.2, -0.15) is 0 Å². The number of likely N-dealkylation sites (tertiary alicyclic amines) is 2. The van der Waals surface area contributed by atoms with Crippen molar-refractivity contribution >= 4 is 11.8 Å². The molecule has 0 saturated carbocycles. The molecule has 0 aliphatic carbocycles. The van der Waals surface area contributed by atoms with Crippen molar-refractivity contribution in [2.75, 3.05) is 39.4 Å². The molecule has 0 N–H and O–H groups in total. The number of fused-ring (bicyclic) bond motifs is 1. The van der Waals surface area contributed by atoms with Gasteiger partial charge in [0.05, 0.1) is 18.9 Å². The first-order valence-electron chi connectivity index (χ1n) is 9.74. The highest BCUT2D eigenvalue weighted by Crippen LogP contribution is 2.33. The van der Waals surface area contributed by atoms with Crippen LogP contribution in [0.3, 0.4) is 0 Å². The Labute approximate surface area is 154 Å². The number of aromatic nitrogens is 1. The van der Waals surface area contributed by atoms with Gasteiger partial charge in [-0.1, -0.05) is 0 Å². The third-order valence-electron chi connectivity index (χ3n) is 6.16. The topological polar surface area (TPSA) is 62.7 Å². The van der Waals surface area contributed by atoms with Crippen LogP contribution in [0, 0.1) is 17.8 Å². The SMILES string of the molecule is O=C(Cc1ccncc1)N1CC[C@H]2CN(C(=O)C3CCOC3)C[C@@H]2CC1. The van der Waals surface area contributed by atoms with E-state index in [0.29, 0.717) is 31.5 Å². The Morgan fingerprint density at radius 1 is 1.04 bits per heavy atom. The van der Waals surface area contributed by atoms with E-state index < -0.39 is 0 Å². The van der Waals surface area contributed by atoms with Gasteiger partial charge in [0.2, 0.25) is 11.8 Å². The summed E-state index contributed by atoms with van der Waals surface area (Å²) in [5.74, 6) is 1.60. The molecule has 0 bridgehead atoms. The van der Waals surface area contributed by atoms with E-state index in [1.165, 1.54) is 0 Å². The minimum atomic E-state index is 0.0655. The average molecular weight is 357 g/mol. The molecular formula is C20H27N3O3. The van der Waals surface area contributed by atoms with Gasteiger partial charge in [-0.25, -0.2) is 0 Å². The van der Waals surface area contributed by atoms with Crippen molar-refractivity contribution in [3.05, 3.63) is 30.1 Å². The highest BCUT2D eigenvalue weighted by Gasteiger charge is 2.39. The zero-order valence-electron chi connectivity index (χ0n) is 15.2. The Morgan fingerprint density at radius 2 is 1.73 bits per heavy atom. The highest BCUT2D eigenvalue weighted by atomic mass is 16.5. The lowest BCUT2D eigenvalue weighted by molar-refractivity contribution is -0.135. The van der Waals surface area contributed by atoms with Gasteiger partial charge in [-0.15, -0.1) is 0 Å². The fourth-order valence-corrected chi connectivity index (χ4v) is 4.55. The smallest absolute Gasteiger partial charge is 0.228 e. The van der Waals surface area contributed by atoms with Gasteiger partial charge in [0.1, 0.15) is 0 Å². The minimum Gasteiger partial charge on any atom is -0.381 e. The van der Waals surface area contributed by atoms with Gasteiger partial charge >= 0.3 is 0 Å². The third kappa shape index (κ3) is 3.75. The first kappa shape index (κ1) is 17.5. The van der Waals surface area contributed by atoms with Gasteiger partial charge in [0, 0.05) is 45.2 Å². The summed E-state index contributed by atoms with van der Waals surface area (Å²) in [4.78, 5) is 33.3. The summed E-state index contributed by atoms with van der Waals surface area (Å²) >= 11 is 0. The predicted molar refractivity (Wildman–Crippen MR) is 96.2 cm³/mol. The van der Waals surface area contributed by atoms with Crippen LogP contribution in [-0.2, 0) is 20.7 Å². The molecule has 6 nitrogen and oxygen atoms in total. The highest BCUT2D eigenvalue weighted by molar-refractivity contribution is 5.80. The lowest BCUT2D eigenvalue weighted by atomic mass is 9.92. The zero-order valence-corrected chi connectivity index (χ0v) is 15.2. The van der Waals surface area contributed by atoms with E-state index in [9.17, 15) is 9.59 Å². The van der Waals surface area contributed by atoms with Crippen LogP contribution in [0.4, 0.5) is 0 Å². The summed E-state index contributed by atoms with van der Waals surface area (Å²) < 4.78 is 5.37. The second kappa shape index (κ2) is 7.74. The first-order valence-corrected chi connectivity index (χ1v) is 9.74. The molecular weight excluding hydrogens is 330 g/mol. The molecule has 3 aliphatic rings. The molecule has 0 aromatic carbocycles. The largest absolute Gasteiger partial charge is 0.381 e. The van der Waals surface area contributed by atoms with Crippen molar-refractivity contribution in [1.82, 2.24) is 14.8 Å². The molecule has 3 atom stereocenters. The van der Waals surface area contributed by atoms with Crippen LogP contribution in [0.15, 0.2) is 24.5 Å². The van der Waals surface area contributed by atoms with E-state index in [2.05, 4.69) is 9.88 Å². The molecule has 2 amide bonds. The number of ether oxygens (including phenoxy) is 1. The Kier molecular flexibility index (Phi) is 5.20. The fourth-order valence-electron chi connectivity index (χ4n) is 4.55. The van der Waals surface area contributed by atoms with Crippen LogP contribution >= 0.6 is 0 Å². The Bertz CT molecular complexity index is 629. The normalized spacial score (nSPS) is 28.7. The maximum Gasteiger partial charge on any atom is 0.228 e. The Morgan fingerprint density at radius 3 is 2.35 bits per heavy atom. The van der Waals surface area contributed by atoms with E-state index in [1.807, 2.05) is 17.0 Å². The van der Waals surface area contributed by atoms with Gasteiger partial charge in [-0.3, -0.25) is 14.6 Å². The van der Waals surface area contributed by atoms with Gasteiger partial charge in [-0.05, 0) is 48.8 Å². The number of hydrogen-bond acceptors (Lipinski definition) is 4. The number of carbonyl (C=O) groups is 2. The molecule has 4 rings (SSSR count). The van der Waals surface area contributed by atoms with Crippen molar-refractivity contribution in [3.63, 3.8) is 0 Å². The van der Waals surface area contributed by atoms with Crippen molar-refractivity contribution in [2.45, 2.75) is 25.7 Å². The van der Waals surface area contributed by atoms with Crippen LogP contribution in [0.1, 0.15) is 24.8 Å². The lowest BCUT2D eigenvalue weighted by Gasteiger charge is -2.23. The standard InChI is InChI=1S/C20H27N3O3/c24-19(11-15-1-6-21-7-2-15)22-8-3-16-12-23(13-17(16)4-9-22)20(25)18-5-10-26-14-18/h1-2,6-7,16-18H,3-5,8-14H2/t16-,17-,18?/m0/s1. The molecule has 3 saturated heterocycles. The summed E-state index contributed by atoms with van der Waals surface area (Å²) in [6, 6.07) is 3.81. The third-order valence-corrected chi connectivity index (χ3v) is 6.16. The van der Waals surface area contributed by atoms with Crippen LogP contribution in [0.5, 0.6) is 0 Å². The molecule has 1 aromatic heterocycles. The molecule has 1 unspecified atom stereocenters. The summed E-state index contributed by atoms with van der Waals surface area (Å²) in [6.07, 6.45) is 6.77. The Hall–Kier alpha value is -1.95. The molecule has 140 valence electrons.